The third-order valence-electron chi connectivity index (χ3n) is 5.69. The molecule has 5 heteroatoms. The van der Waals surface area contributed by atoms with Gasteiger partial charge in [-0.1, -0.05) is 43.5 Å². The number of aryl methyl sites for hydroxylation is 2. The number of aromatic nitrogens is 1. The smallest absolute Gasteiger partial charge is 0.233 e. The van der Waals surface area contributed by atoms with Crippen molar-refractivity contribution < 1.29 is 4.79 Å². The van der Waals surface area contributed by atoms with Crippen molar-refractivity contribution in [2.75, 3.05) is 7.05 Å². The molecule has 0 bridgehead atoms. The van der Waals surface area contributed by atoms with E-state index in [2.05, 4.69) is 49.3 Å². The highest BCUT2D eigenvalue weighted by atomic mass is 32.2. The average Bonchev–Trinajstić information content (AvgIpc) is 2.74. The van der Waals surface area contributed by atoms with Crippen molar-refractivity contribution in [1.29, 1.82) is 0 Å². The molecule has 0 saturated heterocycles. The molecule has 1 heterocycles. The molecule has 1 fully saturated rings. The van der Waals surface area contributed by atoms with Crippen molar-refractivity contribution in [3.63, 3.8) is 0 Å². The van der Waals surface area contributed by atoms with E-state index in [0.717, 1.165) is 5.69 Å². The lowest BCUT2D eigenvalue weighted by Crippen LogP contribution is -2.37. The van der Waals surface area contributed by atoms with Gasteiger partial charge in [0.1, 0.15) is 0 Å². The van der Waals surface area contributed by atoms with Crippen LogP contribution in [0.2, 0.25) is 0 Å². The summed E-state index contributed by atoms with van der Waals surface area (Å²) in [6.45, 7) is 6.48. The van der Waals surface area contributed by atoms with Crippen LogP contribution in [0.25, 0.3) is 0 Å². The molecular formula is C24H32N2OS2. The van der Waals surface area contributed by atoms with Gasteiger partial charge in [0.05, 0.1) is 5.25 Å². The molecule has 0 spiro atoms. The summed E-state index contributed by atoms with van der Waals surface area (Å²) < 4.78 is 0. The molecule has 1 saturated carbocycles. The number of carbonyl (C=O) groups excluding carboxylic acids is 1. The molecule has 156 valence electrons. The van der Waals surface area contributed by atoms with E-state index in [9.17, 15) is 4.79 Å². The minimum absolute atomic E-state index is 0.0786. The fourth-order valence-corrected chi connectivity index (χ4v) is 7.24. The zero-order valence-electron chi connectivity index (χ0n) is 17.9. The van der Waals surface area contributed by atoms with Gasteiger partial charge in [0.15, 0.2) is 0 Å². The molecule has 4 atom stereocenters. The zero-order valence-corrected chi connectivity index (χ0v) is 19.5. The number of amides is 1. The molecule has 1 N–H and O–H groups in total. The van der Waals surface area contributed by atoms with E-state index in [0.29, 0.717) is 10.5 Å². The first kappa shape index (κ1) is 22.2. The normalized spacial score (nSPS) is 21.4. The van der Waals surface area contributed by atoms with Crippen molar-refractivity contribution in [2.45, 2.75) is 73.0 Å². The van der Waals surface area contributed by atoms with E-state index in [1.165, 1.54) is 41.7 Å². The number of thioether (sulfide) groups is 2. The fourth-order valence-electron chi connectivity index (χ4n) is 3.99. The molecule has 3 rings (SSSR count). The Kier molecular flexibility index (Phi) is 8.07. The maximum absolute atomic E-state index is 12.8. The van der Waals surface area contributed by atoms with Crippen LogP contribution in [0.1, 0.15) is 55.3 Å². The average molecular weight is 429 g/mol. The van der Waals surface area contributed by atoms with Crippen LogP contribution in [0, 0.1) is 13.8 Å². The first-order chi connectivity index (χ1) is 14.0. The SMILES string of the molecule is CNC(=O)C(SC1CCCCC1Sc1ccc(C)cc1C)C(C)c1ccccn1. The van der Waals surface area contributed by atoms with Gasteiger partial charge in [-0.2, -0.15) is 0 Å². The van der Waals surface area contributed by atoms with Crippen LogP contribution in [0.4, 0.5) is 0 Å². The number of rotatable bonds is 7. The van der Waals surface area contributed by atoms with Crippen LogP contribution in [-0.2, 0) is 4.79 Å². The van der Waals surface area contributed by atoms with Gasteiger partial charge in [-0.25, -0.2) is 0 Å². The summed E-state index contributed by atoms with van der Waals surface area (Å²) in [4.78, 5) is 18.7. The number of nitrogens with one attached hydrogen (secondary N) is 1. The van der Waals surface area contributed by atoms with Gasteiger partial charge in [-0.3, -0.25) is 9.78 Å². The van der Waals surface area contributed by atoms with Crippen molar-refractivity contribution in [2.24, 2.45) is 0 Å². The number of hydrogen-bond acceptors (Lipinski definition) is 4. The maximum atomic E-state index is 12.8. The summed E-state index contributed by atoms with van der Waals surface area (Å²) in [6.07, 6.45) is 6.74. The van der Waals surface area contributed by atoms with Crippen molar-refractivity contribution in [3.05, 3.63) is 59.4 Å². The number of benzene rings is 1. The van der Waals surface area contributed by atoms with Crippen molar-refractivity contribution >= 4 is 29.4 Å². The highest BCUT2D eigenvalue weighted by molar-refractivity contribution is 8.04. The Bertz CT molecular complexity index is 812. The van der Waals surface area contributed by atoms with Gasteiger partial charge in [0, 0.05) is 40.3 Å². The summed E-state index contributed by atoms with van der Waals surface area (Å²) in [7, 11) is 1.74. The Labute approximate surface area is 183 Å². The van der Waals surface area contributed by atoms with Crippen LogP contribution in [0.5, 0.6) is 0 Å². The summed E-state index contributed by atoms with van der Waals surface area (Å²) >= 11 is 3.87. The monoisotopic (exact) mass is 428 g/mol. The van der Waals surface area contributed by atoms with Crippen LogP contribution < -0.4 is 5.32 Å². The first-order valence-electron chi connectivity index (χ1n) is 10.5. The molecule has 1 amide bonds. The van der Waals surface area contributed by atoms with E-state index >= 15 is 0 Å². The number of pyridine rings is 1. The van der Waals surface area contributed by atoms with Crippen LogP contribution in [-0.4, -0.2) is 33.7 Å². The quantitative estimate of drug-likeness (QED) is 0.609. The molecule has 1 aromatic heterocycles. The topological polar surface area (TPSA) is 42.0 Å². The van der Waals surface area contributed by atoms with E-state index in [4.69, 9.17) is 0 Å². The summed E-state index contributed by atoms with van der Waals surface area (Å²) in [5, 5.41) is 3.78. The first-order valence-corrected chi connectivity index (χ1v) is 12.3. The maximum Gasteiger partial charge on any atom is 0.233 e. The zero-order chi connectivity index (χ0) is 20.8. The van der Waals surface area contributed by atoms with E-state index < -0.39 is 0 Å². The summed E-state index contributed by atoms with van der Waals surface area (Å²) in [6, 6.07) is 12.7. The van der Waals surface area contributed by atoms with E-state index in [1.807, 2.05) is 47.9 Å². The van der Waals surface area contributed by atoms with Crippen LogP contribution in [0.15, 0.2) is 47.5 Å². The number of hydrogen-bond donors (Lipinski definition) is 1. The highest BCUT2D eigenvalue weighted by Crippen LogP contribution is 2.43. The Morgan fingerprint density at radius 2 is 1.90 bits per heavy atom. The third kappa shape index (κ3) is 5.79. The molecule has 1 aliphatic carbocycles. The largest absolute Gasteiger partial charge is 0.358 e. The minimum Gasteiger partial charge on any atom is -0.358 e. The molecular weight excluding hydrogens is 396 g/mol. The summed E-state index contributed by atoms with van der Waals surface area (Å²) in [5.74, 6) is 0.184. The predicted octanol–water partition coefficient (Wildman–Crippen LogP) is 5.75. The lowest BCUT2D eigenvalue weighted by molar-refractivity contribution is -0.120. The second kappa shape index (κ2) is 10.5. The Morgan fingerprint density at radius 3 is 2.55 bits per heavy atom. The molecule has 1 aromatic carbocycles. The highest BCUT2D eigenvalue weighted by Gasteiger charge is 2.35. The standard InChI is InChI=1S/C24H32N2OS2/c1-16-12-13-20(17(2)15-16)28-21-10-5-6-11-22(21)29-23(24(27)25-4)18(3)19-9-7-8-14-26-19/h7-9,12-15,18,21-23H,5-6,10-11H2,1-4H3,(H,25,27). The lowest BCUT2D eigenvalue weighted by Gasteiger charge is -2.34. The third-order valence-corrected chi connectivity index (χ3v) is 9.27. The molecule has 2 aromatic rings. The second-order valence-electron chi connectivity index (χ2n) is 7.96. The fraction of sp³-hybridized carbons (Fsp3) is 0.500. The van der Waals surface area contributed by atoms with Crippen LogP contribution in [0.3, 0.4) is 0 Å². The molecule has 29 heavy (non-hydrogen) atoms. The number of nitrogens with zero attached hydrogens (tertiary/aromatic N) is 1. The second-order valence-corrected chi connectivity index (χ2v) is 10.6. The molecule has 1 aliphatic rings. The number of carbonyl (C=O) groups is 1. The van der Waals surface area contributed by atoms with E-state index in [1.54, 1.807) is 7.05 Å². The van der Waals surface area contributed by atoms with Gasteiger partial charge in [0.25, 0.3) is 0 Å². The van der Waals surface area contributed by atoms with Gasteiger partial charge >= 0.3 is 0 Å². The molecule has 0 aliphatic heterocycles. The predicted molar refractivity (Wildman–Crippen MR) is 126 cm³/mol. The Balaban J connectivity index is 1.78. The van der Waals surface area contributed by atoms with Gasteiger partial charge < -0.3 is 5.32 Å². The van der Waals surface area contributed by atoms with Crippen LogP contribution >= 0.6 is 23.5 Å². The van der Waals surface area contributed by atoms with Gasteiger partial charge in [-0.05, 0) is 50.5 Å². The molecule has 3 nitrogen and oxygen atoms in total. The van der Waals surface area contributed by atoms with Gasteiger partial charge in [-0.15, -0.1) is 23.5 Å². The molecule has 4 unspecified atom stereocenters. The van der Waals surface area contributed by atoms with E-state index in [-0.39, 0.29) is 17.1 Å². The Hall–Kier alpha value is -1.46. The lowest BCUT2D eigenvalue weighted by atomic mass is 9.99. The molecule has 0 radical (unpaired) electrons. The summed E-state index contributed by atoms with van der Waals surface area (Å²) in [5.41, 5.74) is 3.65. The van der Waals surface area contributed by atoms with Crippen molar-refractivity contribution in [1.82, 2.24) is 10.3 Å². The van der Waals surface area contributed by atoms with Gasteiger partial charge in [0.2, 0.25) is 5.91 Å². The van der Waals surface area contributed by atoms with Crippen molar-refractivity contribution in [3.8, 4) is 0 Å². The Morgan fingerprint density at radius 1 is 1.14 bits per heavy atom. The minimum atomic E-state index is -0.125.